The highest BCUT2D eigenvalue weighted by atomic mass is 14.8. The summed E-state index contributed by atoms with van der Waals surface area (Å²) in [7, 11) is 1.84. The van der Waals surface area contributed by atoms with Crippen molar-refractivity contribution in [3.05, 3.63) is 42.1 Å². The van der Waals surface area contributed by atoms with Crippen molar-refractivity contribution < 1.29 is 0 Å². The number of aliphatic imine (C=N–C) groups is 1. The minimum atomic E-state index is 0.859. The van der Waals surface area contributed by atoms with E-state index in [2.05, 4.69) is 17.0 Å². The molecule has 0 amide bonds. The Morgan fingerprint density at radius 3 is 2.58 bits per heavy atom. The molecule has 1 aromatic carbocycles. The average molecular weight is 160 g/mol. The SMILES string of the molecule is C=N/C(=C\NC)c1ccccc1. The van der Waals surface area contributed by atoms with Gasteiger partial charge in [0, 0.05) is 18.8 Å². The van der Waals surface area contributed by atoms with Crippen LogP contribution in [0.4, 0.5) is 0 Å². The van der Waals surface area contributed by atoms with Crippen LogP contribution in [0.2, 0.25) is 0 Å². The minimum Gasteiger partial charge on any atom is -0.392 e. The zero-order valence-electron chi connectivity index (χ0n) is 7.12. The summed E-state index contributed by atoms with van der Waals surface area (Å²) in [4.78, 5) is 3.90. The lowest BCUT2D eigenvalue weighted by Gasteiger charge is -1.99. The third-order valence-electron chi connectivity index (χ3n) is 1.52. The maximum Gasteiger partial charge on any atom is 0.0851 e. The lowest BCUT2D eigenvalue weighted by atomic mass is 10.2. The number of rotatable bonds is 3. The van der Waals surface area contributed by atoms with Crippen molar-refractivity contribution in [1.29, 1.82) is 0 Å². The van der Waals surface area contributed by atoms with Gasteiger partial charge in [-0.2, -0.15) is 0 Å². The molecule has 2 nitrogen and oxygen atoms in total. The highest BCUT2D eigenvalue weighted by Crippen LogP contribution is 2.12. The first-order valence-corrected chi connectivity index (χ1v) is 3.78. The fourth-order valence-electron chi connectivity index (χ4n) is 0.966. The average Bonchev–Trinajstić information content (AvgIpc) is 2.15. The maximum atomic E-state index is 3.90. The first-order chi connectivity index (χ1) is 5.88. The summed E-state index contributed by atoms with van der Waals surface area (Å²) < 4.78 is 0. The molecular formula is C10H12N2. The van der Waals surface area contributed by atoms with Gasteiger partial charge in [-0.1, -0.05) is 30.3 Å². The fourth-order valence-corrected chi connectivity index (χ4v) is 0.966. The highest BCUT2D eigenvalue weighted by Gasteiger charge is 1.94. The van der Waals surface area contributed by atoms with Crippen LogP contribution in [-0.2, 0) is 0 Å². The lowest BCUT2D eigenvalue weighted by molar-refractivity contribution is 1.10. The lowest BCUT2D eigenvalue weighted by Crippen LogP contribution is -1.94. The third-order valence-corrected chi connectivity index (χ3v) is 1.52. The Bertz CT molecular complexity index is 275. The van der Waals surface area contributed by atoms with Gasteiger partial charge in [-0.15, -0.1) is 0 Å². The van der Waals surface area contributed by atoms with E-state index >= 15 is 0 Å². The third kappa shape index (κ3) is 1.95. The van der Waals surface area contributed by atoms with Crippen LogP contribution in [0.25, 0.3) is 5.70 Å². The van der Waals surface area contributed by atoms with Crippen molar-refractivity contribution >= 4 is 12.4 Å². The predicted molar refractivity (Wildman–Crippen MR) is 53.0 cm³/mol. The Balaban J connectivity index is 2.96. The van der Waals surface area contributed by atoms with E-state index in [0.29, 0.717) is 0 Å². The van der Waals surface area contributed by atoms with Crippen LogP contribution < -0.4 is 5.32 Å². The molecule has 12 heavy (non-hydrogen) atoms. The first-order valence-electron chi connectivity index (χ1n) is 3.78. The van der Waals surface area contributed by atoms with Crippen molar-refractivity contribution in [2.24, 2.45) is 4.99 Å². The summed E-state index contributed by atoms with van der Waals surface area (Å²) in [5, 5.41) is 2.92. The van der Waals surface area contributed by atoms with Crippen LogP contribution in [0.3, 0.4) is 0 Å². The molecule has 0 aliphatic rings. The zero-order chi connectivity index (χ0) is 8.81. The molecular weight excluding hydrogens is 148 g/mol. The molecule has 1 aromatic rings. The monoisotopic (exact) mass is 160 g/mol. The van der Waals surface area contributed by atoms with Gasteiger partial charge in [0.2, 0.25) is 0 Å². The number of hydrogen-bond acceptors (Lipinski definition) is 2. The number of hydrogen-bond donors (Lipinski definition) is 1. The molecule has 0 unspecified atom stereocenters. The topological polar surface area (TPSA) is 24.4 Å². The Labute approximate surface area is 72.6 Å². The normalized spacial score (nSPS) is 10.9. The summed E-state index contributed by atoms with van der Waals surface area (Å²) in [5.74, 6) is 0. The molecule has 0 aliphatic carbocycles. The smallest absolute Gasteiger partial charge is 0.0851 e. The van der Waals surface area contributed by atoms with E-state index in [1.807, 2.05) is 43.6 Å². The quantitative estimate of drug-likeness (QED) is 0.671. The standard InChI is InChI=1S/C10H12N2/c1-11-8-10(12-2)9-6-4-3-5-7-9/h3-8,11H,2H2,1H3/b10-8-. The van der Waals surface area contributed by atoms with Crippen molar-refractivity contribution in [1.82, 2.24) is 5.32 Å². The van der Waals surface area contributed by atoms with Crippen LogP contribution in [-0.4, -0.2) is 13.8 Å². The second-order valence-corrected chi connectivity index (χ2v) is 2.34. The molecule has 1 rings (SSSR count). The summed E-state index contributed by atoms with van der Waals surface area (Å²) in [5.41, 5.74) is 1.93. The summed E-state index contributed by atoms with van der Waals surface area (Å²) in [6.45, 7) is 3.50. The van der Waals surface area contributed by atoms with Crippen molar-refractivity contribution in [2.75, 3.05) is 7.05 Å². The number of nitrogens with zero attached hydrogens (tertiary/aromatic N) is 1. The highest BCUT2D eigenvalue weighted by molar-refractivity contribution is 5.67. The maximum absolute atomic E-state index is 3.90. The molecule has 62 valence electrons. The molecule has 0 atom stereocenters. The van der Waals surface area contributed by atoms with Gasteiger partial charge in [0.05, 0.1) is 5.70 Å². The van der Waals surface area contributed by atoms with E-state index in [-0.39, 0.29) is 0 Å². The first kappa shape index (κ1) is 8.53. The fraction of sp³-hybridized carbons (Fsp3) is 0.100. The van der Waals surface area contributed by atoms with Crippen LogP contribution >= 0.6 is 0 Å². The Hall–Kier alpha value is -1.57. The van der Waals surface area contributed by atoms with Crippen LogP contribution in [0.15, 0.2) is 41.5 Å². The van der Waals surface area contributed by atoms with E-state index in [4.69, 9.17) is 0 Å². The van der Waals surface area contributed by atoms with Crippen LogP contribution in [0.1, 0.15) is 5.56 Å². The van der Waals surface area contributed by atoms with E-state index in [1.165, 1.54) is 0 Å². The molecule has 0 saturated carbocycles. The van der Waals surface area contributed by atoms with Crippen molar-refractivity contribution in [2.45, 2.75) is 0 Å². The molecule has 0 aromatic heterocycles. The molecule has 0 bridgehead atoms. The molecule has 1 N–H and O–H groups in total. The molecule has 0 aliphatic heterocycles. The molecule has 0 spiro atoms. The van der Waals surface area contributed by atoms with Crippen LogP contribution in [0, 0.1) is 0 Å². The van der Waals surface area contributed by atoms with E-state index in [9.17, 15) is 0 Å². The van der Waals surface area contributed by atoms with Crippen LogP contribution in [0.5, 0.6) is 0 Å². The van der Waals surface area contributed by atoms with E-state index < -0.39 is 0 Å². The number of nitrogens with one attached hydrogen (secondary N) is 1. The summed E-state index contributed by atoms with van der Waals surface area (Å²) >= 11 is 0. The largest absolute Gasteiger partial charge is 0.392 e. The predicted octanol–water partition coefficient (Wildman–Crippen LogP) is 1.91. The second kappa shape index (κ2) is 4.34. The van der Waals surface area contributed by atoms with Gasteiger partial charge >= 0.3 is 0 Å². The van der Waals surface area contributed by atoms with Crippen molar-refractivity contribution in [3.63, 3.8) is 0 Å². The number of benzene rings is 1. The Morgan fingerprint density at radius 2 is 2.08 bits per heavy atom. The zero-order valence-corrected chi connectivity index (χ0v) is 7.12. The summed E-state index contributed by atoms with van der Waals surface area (Å²) in [6, 6.07) is 9.92. The van der Waals surface area contributed by atoms with Crippen molar-refractivity contribution in [3.8, 4) is 0 Å². The van der Waals surface area contributed by atoms with Gasteiger partial charge in [0.1, 0.15) is 0 Å². The molecule has 0 radical (unpaired) electrons. The van der Waals surface area contributed by atoms with Gasteiger partial charge in [-0.3, -0.25) is 4.99 Å². The molecule has 0 heterocycles. The van der Waals surface area contributed by atoms with Gasteiger partial charge in [0.25, 0.3) is 0 Å². The van der Waals surface area contributed by atoms with Gasteiger partial charge in [-0.25, -0.2) is 0 Å². The van der Waals surface area contributed by atoms with E-state index in [1.54, 1.807) is 0 Å². The molecule has 2 heteroatoms. The second-order valence-electron chi connectivity index (χ2n) is 2.34. The molecule has 0 saturated heterocycles. The minimum absolute atomic E-state index is 0.859. The van der Waals surface area contributed by atoms with Gasteiger partial charge in [0.15, 0.2) is 0 Å². The Kier molecular flexibility index (Phi) is 3.08. The summed E-state index contributed by atoms with van der Waals surface area (Å²) in [6.07, 6.45) is 1.82. The van der Waals surface area contributed by atoms with Gasteiger partial charge in [-0.05, 0) is 6.72 Å². The Morgan fingerprint density at radius 1 is 1.42 bits per heavy atom. The molecule has 0 fully saturated rings. The van der Waals surface area contributed by atoms with E-state index in [0.717, 1.165) is 11.3 Å². The van der Waals surface area contributed by atoms with Gasteiger partial charge < -0.3 is 5.32 Å².